The molecule has 1 N–H and O–H groups in total. The zero-order chi connectivity index (χ0) is 13.7. The molecule has 1 heterocycles. The molecule has 104 valence electrons. The molecule has 0 aromatic heterocycles. The fraction of sp³-hybridized carbons (Fsp3) is 0.500. The Labute approximate surface area is 112 Å². The van der Waals surface area contributed by atoms with Crippen LogP contribution in [0.25, 0.3) is 0 Å². The molecule has 5 nitrogen and oxygen atoms in total. The zero-order valence-electron chi connectivity index (χ0n) is 11.0. The molecule has 1 saturated heterocycles. The van der Waals surface area contributed by atoms with Gasteiger partial charge in [0, 0.05) is 13.1 Å². The number of benzene rings is 1. The van der Waals surface area contributed by atoms with Crippen LogP contribution >= 0.6 is 0 Å². The third kappa shape index (κ3) is 3.61. The van der Waals surface area contributed by atoms with Crippen LogP contribution in [-0.4, -0.2) is 48.8 Å². The van der Waals surface area contributed by atoms with E-state index in [9.17, 15) is 9.90 Å². The fourth-order valence-electron chi connectivity index (χ4n) is 2.15. The Morgan fingerprint density at radius 1 is 1.42 bits per heavy atom. The molecular formula is C14H19NO4. The lowest BCUT2D eigenvalue weighted by Crippen LogP contribution is -2.44. The van der Waals surface area contributed by atoms with Crippen LogP contribution in [-0.2, 0) is 4.79 Å². The fourth-order valence-corrected chi connectivity index (χ4v) is 2.15. The first-order valence-electron chi connectivity index (χ1n) is 6.42. The minimum absolute atomic E-state index is 0.0346. The van der Waals surface area contributed by atoms with Crippen LogP contribution in [0.3, 0.4) is 0 Å². The molecule has 1 aliphatic rings. The molecule has 0 aliphatic carbocycles. The second-order valence-corrected chi connectivity index (χ2v) is 4.58. The smallest absolute Gasteiger partial charge is 0.260 e. The van der Waals surface area contributed by atoms with Crippen LogP contribution in [0.1, 0.15) is 12.8 Å². The van der Waals surface area contributed by atoms with Crippen molar-refractivity contribution in [3.05, 3.63) is 24.3 Å². The van der Waals surface area contributed by atoms with Gasteiger partial charge in [0.2, 0.25) is 0 Å². The summed E-state index contributed by atoms with van der Waals surface area (Å²) in [5.41, 5.74) is 0. The van der Waals surface area contributed by atoms with Crippen molar-refractivity contribution in [1.82, 2.24) is 4.90 Å². The van der Waals surface area contributed by atoms with E-state index >= 15 is 0 Å². The Morgan fingerprint density at radius 2 is 2.16 bits per heavy atom. The molecule has 0 saturated carbocycles. The molecule has 5 heteroatoms. The first-order valence-corrected chi connectivity index (χ1v) is 6.42. The summed E-state index contributed by atoms with van der Waals surface area (Å²) in [7, 11) is 1.56. The van der Waals surface area contributed by atoms with Crippen LogP contribution in [0.5, 0.6) is 11.5 Å². The molecular weight excluding hydrogens is 246 g/mol. The summed E-state index contributed by atoms with van der Waals surface area (Å²) in [6.45, 7) is 1.05. The van der Waals surface area contributed by atoms with Crippen LogP contribution in [0.2, 0.25) is 0 Å². The second kappa shape index (κ2) is 6.43. The highest BCUT2D eigenvalue weighted by atomic mass is 16.5. The van der Waals surface area contributed by atoms with Gasteiger partial charge >= 0.3 is 0 Å². The number of piperidine rings is 1. The number of carbonyl (C=O) groups excluding carboxylic acids is 1. The number of aliphatic hydroxyl groups excluding tert-OH is 1. The van der Waals surface area contributed by atoms with Crippen LogP contribution in [0.15, 0.2) is 24.3 Å². The van der Waals surface area contributed by atoms with Gasteiger partial charge in [-0.25, -0.2) is 0 Å². The third-order valence-corrected chi connectivity index (χ3v) is 3.17. The standard InChI is InChI=1S/C14H19NO4/c1-18-12-6-2-3-7-13(12)19-10-14(17)15-8-4-5-11(16)9-15/h2-3,6-7,11,16H,4-5,8-10H2,1H3. The highest BCUT2D eigenvalue weighted by molar-refractivity contribution is 5.78. The van der Waals surface area contributed by atoms with E-state index in [1.807, 2.05) is 12.1 Å². The van der Waals surface area contributed by atoms with E-state index in [2.05, 4.69) is 0 Å². The maximum absolute atomic E-state index is 12.0. The number of ether oxygens (including phenoxy) is 2. The van der Waals surface area contributed by atoms with Crippen molar-refractivity contribution >= 4 is 5.91 Å². The normalized spacial score (nSPS) is 19.1. The number of carbonyl (C=O) groups is 1. The van der Waals surface area contributed by atoms with Gasteiger partial charge in [0.05, 0.1) is 13.2 Å². The summed E-state index contributed by atoms with van der Waals surface area (Å²) in [6.07, 6.45) is 1.18. The molecule has 0 radical (unpaired) electrons. The van der Waals surface area contributed by atoms with Gasteiger partial charge in [-0.1, -0.05) is 12.1 Å². The molecule has 1 unspecified atom stereocenters. The molecule has 2 rings (SSSR count). The molecule has 1 aromatic carbocycles. The van der Waals surface area contributed by atoms with Crippen molar-refractivity contribution in [1.29, 1.82) is 0 Å². The first-order chi connectivity index (χ1) is 9.20. The molecule has 0 spiro atoms. The van der Waals surface area contributed by atoms with Crippen LogP contribution in [0.4, 0.5) is 0 Å². The predicted octanol–water partition coefficient (Wildman–Crippen LogP) is 1.06. The summed E-state index contributed by atoms with van der Waals surface area (Å²) in [6, 6.07) is 7.21. The van der Waals surface area contributed by atoms with E-state index in [1.165, 1.54) is 0 Å². The largest absolute Gasteiger partial charge is 0.493 e. The van der Waals surface area contributed by atoms with E-state index in [-0.39, 0.29) is 12.5 Å². The number of hydrogen-bond donors (Lipinski definition) is 1. The lowest BCUT2D eigenvalue weighted by molar-refractivity contribution is -0.136. The van der Waals surface area contributed by atoms with Gasteiger partial charge in [0.1, 0.15) is 0 Å². The Kier molecular flexibility index (Phi) is 4.63. The van der Waals surface area contributed by atoms with Gasteiger partial charge in [-0.15, -0.1) is 0 Å². The monoisotopic (exact) mass is 265 g/mol. The van der Waals surface area contributed by atoms with Crippen molar-refractivity contribution in [2.75, 3.05) is 26.8 Å². The van der Waals surface area contributed by atoms with Crippen molar-refractivity contribution in [2.45, 2.75) is 18.9 Å². The molecule has 0 bridgehead atoms. The quantitative estimate of drug-likeness (QED) is 0.884. The van der Waals surface area contributed by atoms with Gasteiger partial charge < -0.3 is 19.5 Å². The van der Waals surface area contributed by atoms with Gasteiger partial charge in [0.25, 0.3) is 5.91 Å². The summed E-state index contributed by atoms with van der Waals surface area (Å²) >= 11 is 0. The SMILES string of the molecule is COc1ccccc1OCC(=O)N1CCCC(O)C1. The zero-order valence-corrected chi connectivity index (χ0v) is 11.0. The number of para-hydroxylation sites is 2. The number of amides is 1. The maximum atomic E-state index is 12.0. The number of likely N-dealkylation sites (tertiary alicyclic amines) is 1. The van der Waals surface area contributed by atoms with Crippen molar-refractivity contribution in [3.63, 3.8) is 0 Å². The number of aliphatic hydroxyl groups is 1. The van der Waals surface area contributed by atoms with E-state index in [1.54, 1.807) is 24.1 Å². The summed E-state index contributed by atoms with van der Waals surface area (Å²) < 4.78 is 10.6. The predicted molar refractivity (Wildman–Crippen MR) is 70.3 cm³/mol. The number of methoxy groups -OCH3 is 1. The Hall–Kier alpha value is -1.75. The van der Waals surface area contributed by atoms with E-state index in [4.69, 9.17) is 9.47 Å². The maximum Gasteiger partial charge on any atom is 0.260 e. The lowest BCUT2D eigenvalue weighted by atomic mass is 10.1. The molecule has 1 aliphatic heterocycles. The minimum atomic E-state index is -0.413. The van der Waals surface area contributed by atoms with Crippen molar-refractivity contribution in [2.24, 2.45) is 0 Å². The molecule has 1 atom stereocenters. The van der Waals surface area contributed by atoms with E-state index in [0.717, 1.165) is 12.8 Å². The minimum Gasteiger partial charge on any atom is -0.493 e. The van der Waals surface area contributed by atoms with Crippen LogP contribution in [0, 0.1) is 0 Å². The van der Waals surface area contributed by atoms with E-state index < -0.39 is 6.10 Å². The van der Waals surface area contributed by atoms with Crippen LogP contribution < -0.4 is 9.47 Å². The third-order valence-electron chi connectivity index (χ3n) is 3.17. The summed E-state index contributed by atoms with van der Waals surface area (Å²) in [5, 5.41) is 9.54. The Bertz CT molecular complexity index is 435. The highest BCUT2D eigenvalue weighted by Gasteiger charge is 2.22. The second-order valence-electron chi connectivity index (χ2n) is 4.58. The van der Waals surface area contributed by atoms with Gasteiger partial charge in [-0.05, 0) is 25.0 Å². The summed E-state index contributed by atoms with van der Waals surface area (Å²) in [4.78, 5) is 13.6. The molecule has 1 amide bonds. The first kappa shape index (κ1) is 13.7. The Balaban J connectivity index is 1.89. The van der Waals surface area contributed by atoms with Gasteiger partial charge in [0.15, 0.2) is 18.1 Å². The van der Waals surface area contributed by atoms with Crippen molar-refractivity contribution in [3.8, 4) is 11.5 Å². The van der Waals surface area contributed by atoms with Gasteiger partial charge in [-0.3, -0.25) is 4.79 Å². The lowest BCUT2D eigenvalue weighted by Gasteiger charge is -2.30. The topological polar surface area (TPSA) is 59.0 Å². The molecule has 1 fully saturated rings. The number of hydrogen-bond acceptors (Lipinski definition) is 4. The average Bonchev–Trinajstić information content (AvgIpc) is 2.45. The molecule has 1 aromatic rings. The number of β-amino-alcohol motifs (C(OH)–C–C–N with tert-alkyl or cyclic N) is 1. The number of nitrogens with zero attached hydrogens (tertiary/aromatic N) is 1. The Morgan fingerprint density at radius 3 is 2.84 bits per heavy atom. The highest BCUT2D eigenvalue weighted by Crippen LogP contribution is 2.25. The van der Waals surface area contributed by atoms with Gasteiger partial charge in [-0.2, -0.15) is 0 Å². The average molecular weight is 265 g/mol. The van der Waals surface area contributed by atoms with Crippen molar-refractivity contribution < 1.29 is 19.4 Å². The van der Waals surface area contributed by atoms with E-state index in [0.29, 0.717) is 24.6 Å². The molecule has 19 heavy (non-hydrogen) atoms. The summed E-state index contributed by atoms with van der Waals surface area (Å²) in [5.74, 6) is 1.05. The number of rotatable bonds is 4.